The summed E-state index contributed by atoms with van der Waals surface area (Å²) in [6.07, 6.45) is 0.470. The monoisotopic (exact) mass is 365 g/mol. The Labute approximate surface area is 145 Å². The lowest BCUT2D eigenvalue weighted by Crippen LogP contribution is -2.50. The number of hydrogen-bond acceptors (Lipinski definition) is 6. The molecule has 24 heavy (non-hydrogen) atoms. The van der Waals surface area contributed by atoms with Gasteiger partial charge in [0.05, 0.1) is 22.1 Å². The van der Waals surface area contributed by atoms with Crippen molar-refractivity contribution in [1.29, 1.82) is 0 Å². The summed E-state index contributed by atoms with van der Waals surface area (Å²) >= 11 is 1.50. The van der Waals surface area contributed by atoms with E-state index in [2.05, 4.69) is 21.4 Å². The second-order valence-corrected chi connectivity index (χ2v) is 9.45. The van der Waals surface area contributed by atoms with Crippen molar-refractivity contribution in [3.8, 4) is 0 Å². The van der Waals surface area contributed by atoms with Crippen molar-refractivity contribution >= 4 is 43.2 Å². The normalized spacial score (nSPS) is 23.8. The van der Waals surface area contributed by atoms with Crippen LogP contribution in [0.3, 0.4) is 0 Å². The third kappa shape index (κ3) is 2.88. The van der Waals surface area contributed by atoms with Gasteiger partial charge < -0.3 is 9.80 Å². The molecule has 2 aromatic rings. The molecule has 0 aliphatic carbocycles. The Morgan fingerprint density at radius 3 is 2.62 bits per heavy atom. The molecule has 2 saturated heterocycles. The van der Waals surface area contributed by atoms with Gasteiger partial charge in [-0.25, -0.2) is 8.42 Å². The second-order valence-electron chi connectivity index (χ2n) is 6.41. The molecule has 0 saturated carbocycles. The summed E-state index contributed by atoms with van der Waals surface area (Å²) in [6, 6.07) is 8.17. The Kier molecular flexibility index (Phi) is 3.96. The van der Waals surface area contributed by atoms with Crippen LogP contribution < -0.4 is 4.90 Å². The van der Waals surface area contributed by atoms with Crippen LogP contribution in [0.5, 0.6) is 0 Å². The first kappa shape index (κ1) is 15.8. The predicted octanol–water partition coefficient (Wildman–Crippen LogP) is 1.38. The number of carbonyl (C=O) groups excluding carboxylic acids is 1. The van der Waals surface area contributed by atoms with Crippen LogP contribution in [0.2, 0.25) is 0 Å². The molecular formula is C16H19N3O3S2. The van der Waals surface area contributed by atoms with Crippen molar-refractivity contribution < 1.29 is 13.2 Å². The Bertz CT molecular complexity index is 870. The molecule has 1 aromatic carbocycles. The third-order valence-electron chi connectivity index (χ3n) is 4.83. The summed E-state index contributed by atoms with van der Waals surface area (Å²) in [5.74, 6) is 0.809. The summed E-state index contributed by atoms with van der Waals surface area (Å²) < 4.78 is 28.9. The van der Waals surface area contributed by atoms with Crippen LogP contribution in [0.15, 0.2) is 24.3 Å². The summed E-state index contributed by atoms with van der Waals surface area (Å²) in [7, 11) is -3.02. The molecule has 0 spiro atoms. The van der Waals surface area contributed by atoms with Gasteiger partial charge in [0.15, 0.2) is 9.84 Å². The van der Waals surface area contributed by atoms with Crippen LogP contribution >= 0.6 is 11.5 Å². The van der Waals surface area contributed by atoms with E-state index in [1.54, 1.807) is 0 Å². The number of amides is 1. The van der Waals surface area contributed by atoms with Crippen LogP contribution in [0, 0.1) is 5.92 Å². The van der Waals surface area contributed by atoms with Crippen molar-refractivity contribution in [2.45, 2.75) is 6.42 Å². The molecule has 8 heteroatoms. The minimum Gasteiger partial charge on any atom is -0.352 e. The van der Waals surface area contributed by atoms with Gasteiger partial charge >= 0.3 is 0 Å². The van der Waals surface area contributed by atoms with E-state index in [4.69, 9.17) is 0 Å². The zero-order valence-electron chi connectivity index (χ0n) is 13.2. The van der Waals surface area contributed by atoms with E-state index in [0.29, 0.717) is 19.5 Å². The van der Waals surface area contributed by atoms with E-state index >= 15 is 0 Å². The van der Waals surface area contributed by atoms with Crippen LogP contribution in [0.1, 0.15) is 6.42 Å². The lowest BCUT2D eigenvalue weighted by Gasteiger charge is -2.36. The molecule has 0 radical (unpaired) electrons. The van der Waals surface area contributed by atoms with E-state index in [0.717, 1.165) is 24.3 Å². The van der Waals surface area contributed by atoms with Gasteiger partial charge in [-0.15, -0.1) is 0 Å². The number of hydrogen-bond donors (Lipinski definition) is 0. The number of nitrogens with zero attached hydrogens (tertiary/aromatic N) is 3. The summed E-state index contributed by atoms with van der Waals surface area (Å²) in [5.41, 5.74) is 0. The van der Waals surface area contributed by atoms with Crippen LogP contribution in [0.4, 0.5) is 5.82 Å². The van der Waals surface area contributed by atoms with Crippen LogP contribution in [0.25, 0.3) is 10.1 Å². The van der Waals surface area contributed by atoms with Crippen LogP contribution in [-0.2, 0) is 14.6 Å². The number of benzene rings is 1. The number of anilines is 1. The topological polar surface area (TPSA) is 70.6 Å². The first-order chi connectivity index (χ1) is 11.5. The molecule has 1 aromatic heterocycles. The zero-order chi connectivity index (χ0) is 16.7. The minimum atomic E-state index is -3.02. The van der Waals surface area contributed by atoms with Gasteiger partial charge in [0.1, 0.15) is 5.82 Å². The molecule has 128 valence electrons. The molecule has 3 heterocycles. The van der Waals surface area contributed by atoms with E-state index in [1.807, 2.05) is 17.0 Å². The highest BCUT2D eigenvalue weighted by atomic mass is 32.2. The molecule has 6 nitrogen and oxygen atoms in total. The van der Waals surface area contributed by atoms with Gasteiger partial charge in [-0.1, -0.05) is 12.1 Å². The van der Waals surface area contributed by atoms with Gasteiger partial charge in [-0.2, -0.15) is 4.37 Å². The maximum absolute atomic E-state index is 12.5. The molecule has 0 bridgehead atoms. The van der Waals surface area contributed by atoms with Gasteiger partial charge in [-0.3, -0.25) is 4.79 Å². The Morgan fingerprint density at radius 1 is 1.17 bits per heavy atom. The highest BCUT2D eigenvalue weighted by Crippen LogP contribution is 2.30. The lowest BCUT2D eigenvalue weighted by atomic mass is 10.1. The fraction of sp³-hybridized carbons (Fsp3) is 0.500. The molecule has 2 aliphatic rings. The first-order valence-corrected chi connectivity index (χ1v) is 10.7. The summed E-state index contributed by atoms with van der Waals surface area (Å²) in [5, 5.41) is 1.16. The van der Waals surface area contributed by atoms with E-state index < -0.39 is 9.84 Å². The average molecular weight is 365 g/mol. The number of sulfone groups is 1. The molecule has 4 rings (SSSR count). The average Bonchev–Trinajstić information content (AvgIpc) is 3.17. The number of fused-ring (bicyclic) bond motifs is 1. The highest BCUT2D eigenvalue weighted by molar-refractivity contribution is 7.91. The summed E-state index contributed by atoms with van der Waals surface area (Å²) in [4.78, 5) is 16.6. The second kappa shape index (κ2) is 6.00. The molecule has 1 amide bonds. The Hall–Kier alpha value is -1.67. The molecule has 2 fully saturated rings. The third-order valence-corrected chi connectivity index (χ3v) is 7.42. The quantitative estimate of drug-likeness (QED) is 0.804. The van der Waals surface area contributed by atoms with Crippen molar-refractivity contribution in [2.24, 2.45) is 5.92 Å². The van der Waals surface area contributed by atoms with E-state index in [1.165, 1.54) is 16.2 Å². The van der Waals surface area contributed by atoms with E-state index in [9.17, 15) is 13.2 Å². The largest absolute Gasteiger partial charge is 0.352 e. The van der Waals surface area contributed by atoms with Gasteiger partial charge in [0.25, 0.3) is 0 Å². The maximum Gasteiger partial charge on any atom is 0.226 e. The SMILES string of the molecule is O=C(C1CCS(=O)(=O)C1)N1CCN(c2nsc3ccccc23)CC1. The van der Waals surface area contributed by atoms with Gasteiger partial charge in [0, 0.05) is 31.6 Å². The summed E-state index contributed by atoms with van der Waals surface area (Å²) in [6.45, 7) is 2.72. The molecular weight excluding hydrogens is 346 g/mol. The fourth-order valence-corrected chi connectivity index (χ4v) is 6.02. The predicted molar refractivity (Wildman–Crippen MR) is 95.2 cm³/mol. The Balaban J connectivity index is 1.43. The zero-order valence-corrected chi connectivity index (χ0v) is 14.9. The van der Waals surface area contributed by atoms with Crippen molar-refractivity contribution in [2.75, 3.05) is 42.6 Å². The fourth-order valence-electron chi connectivity index (χ4n) is 3.49. The van der Waals surface area contributed by atoms with Crippen molar-refractivity contribution in [3.63, 3.8) is 0 Å². The highest BCUT2D eigenvalue weighted by Gasteiger charge is 2.36. The number of piperazine rings is 1. The van der Waals surface area contributed by atoms with Crippen molar-refractivity contribution in [1.82, 2.24) is 9.27 Å². The number of aromatic nitrogens is 1. The molecule has 0 N–H and O–H groups in total. The molecule has 2 aliphatic heterocycles. The Morgan fingerprint density at radius 2 is 1.92 bits per heavy atom. The van der Waals surface area contributed by atoms with Gasteiger partial charge in [-0.05, 0) is 30.1 Å². The van der Waals surface area contributed by atoms with Crippen LogP contribution in [-0.4, -0.2) is 61.3 Å². The smallest absolute Gasteiger partial charge is 0.226 e. The lowest BCUT2D eigenvalue weighted by molar-refractivity contribution is -0.135. The van der Waals surface area contributed by atoms with E-state index in [-0.39, 0.29) is 23.3 Å². The minimum absolute atomic E-state index is 0.00105. The first-order valence-electron chi connectivity index (χ1n) is 8.12. The molecule has 1 atom stereocenters. The number of rotatable bonds is 2. The van der Waals surface area contributed by atoms with Crippen molar-refractivity contribution in [3.05, 3.63) is 24.3 Å². The molecule has 1 unspecified atom stereocenters. The van der Waals surface area contributed by atoms with Gasteiger partial charge in [0.2, 0.25) is 5.91 Å². The number of carbonyl (C=O) groups is 1. The standard InChI is InChI=1S/C16H19N3O3S2/c20-16(12-5-10-24(21,22)11-12)19-8-6-18(7-9-19)15-13-3-1-2-4-14(13)23-17-15/h1-4,12H,5-11H2. The maximum atomic E-state index is 12.5.